The van der Waals surface area contributed by atoms with Crippen molar-refractivity contribution in [2.75, 3.05) is 47.4 Å². The van der Waals surface area contributed by atoms with Crippen molar-refractivity contribution >= 4 is 23.8 Å². The third-order valence-corrected chi connectivity index (χ3v) is 11.7. The van der Waals surface area contributed by atoms with E-state index in [-0.39, 0.29) is 70.5 Å². The number of carbonyl (C=O) groups excluding carboxylic acids is 3. The first-order chi connectivity index (χ1) is 30.9. The van der Waals surface area contributed by atoms with Crippen molar-refractivity contribution in [2.24, 2.45) is 10.8 Å². The van der Waals surface area contributed by atoms with Crippen LogP contribution < -0.4 is 18.9 Å². The zero-order valence-electron chi connectivity index (χ0n) is 41.5. The van der Waals surface area contributed by atoms with E-state index >= 15 is 0 Å². The molecule has 4 aromatic rings. The molecule has 2 aliphatic heterocycles. The number of esters is 1. The molecule has 0 aromatic heterocycles. The van der Waals surface area contributed by atoms with Crippen LogP contribution in [-0.4, -0.2) is 131 Å². The van der Waals surface area contributed by atoms with Gasteiger partial charge >= 0.3 is 30.8 Å². The van der Waals surface area contributed by atoms with Crippen molar-refractivity contribution < 1.29 is 58.8 Å². The molecule has 4 N–H and O–H groups in total. The van der Waals surface area contributed by atoms with Gasteiger partial charge in [0.05, 0.1) is 32.0 Å². The zero-order chi connectivity index (χ0) is 47.3. The van der Waals surface area contributed by atoms with Gasteiger partial charge in [0.1, 0.15) is 12.1 Å². The van der Waals surface area contributed by atoms with Gasteiger partial charge in [-0.05, 0) is 90.7 Å². The molecule has 0 radical (unpaired) electrons. The summed E-state index contributed by atoms with van der Waals surface area (Å²) >= 11 is 0. The second kappa shape index (κ2) is 26.8. The number of carbonyl (C=O) groups is 4. The van der Waals surface area contributed by atoms with Crippen LogP contribution in [0.5, 0.6) is 0 Å². The summed E-state index contributed by atoms with van der Waals surface area (Å²) in [5, 5.41) is 9.90. The Morgan fingerprint density at radius 1 is 0.603 bits per heavy atom. The molecule has 2 saturated heterocycles. The third kappa shape index (κ3) is 16.2. The van der Waals surface area contributed by atoms with E-state index in [2.05, 4.69) is 75.0 Å². The van der Waals surface area contributed by atoms with Crippen LogP contribution in [0.25, 0.3) is 0 Å². The van der Waals surface area contributed by atoms with Gasteiger partial charge in [-0.25, -0.2) is 9.59 Å². The number of rotatable bonds is 12. The zero-order valence-corrected chi connectivity index (χ0v) is 41.5. The number of aliphatic carboxylic acids is 1. The number of likely N-dealkylation sites (N-methyl/N-ethyl adjacent to an activating group) is 2. The fourth-order valence-electron chi connectivity index (χ4n) is 8.33. The van der Waals surface area contributed by atoms with Gasteiger partial charge in [0.25, 0.3) is 0 Å². The maximum atomic E-state index is 14.0. The number of hydrogen-bond donors (Lipinski definition) is 1. The van der Waals surface area contributed by atoms with Crippen LogP contribution in [0.1, 0.15) is 88.5 Å². The molecule has 0 aliphatic carbocycles. The van der Waals surface area contributed by atoms with Crippen LogP contribution in [0.15, 0.2) is 121 Å². The summed E-state index contributed by atoms with van der Waals surface area (Å²) in [5.74, 6) is 10.3. The molecule has 4 atom stereocenters. The standard InChI is InChI=1S/C28H34N2O3.C27H32N2O3.Li.2H2O/c1-28(2,3)17-12-18-29(4)23-19-24(27(32)33-5)30(20-23)26(31)25(21-13-8-6-9-14-21)22-15-10-7-11-16-22;1-27(2,3)16-11-17-28(4)22-18-23(26(31)32)29(19-22)25(30)24(20-12-7-5-8-13-20)21-14-9-6-10-15-21;;;/h6-11,13-16,23-25H,18-20H2,1-5H3;5-10,12-15,22-24H,17-19H2,1-4H3,(H,31,32);;2*1H2/q;;+1;;/p-1/t23-,24-;22-,23-;;;/m00.../s1. The van der Waals surface area contributed by atoms with E-state index in [1.54, 1.807) is 9.80 Å². The summed E-state index contributed by atoms with van der Waals surface area (Å²) in [6, 6.07) is 37.1. The summed E-state index contributed by atoms with van der Waals surface area (Å²) in [6.07, 6.45) is 0.924. The number of amides is 2. The second-order valence-corrected chi connectivity index (χ2v) is 19.1. The second-order valence-electron chi connectivity index (χ2n) is 19.1. The molecular weight excluding hydrogens is 852 g/mol. The number of likely N-dealkylation sites (tertiary alicyclic amines) is 2. The van der Waals surface area contributed by atoms with Gasteiger partial charge in [0.2, 0.25) is 11.8 Å². The number of carboxylic acid groups (broad SMARTS) is 1. The van der Waals surface area contributed by atoms with Crippen LogP contribution in [0.4, 0.5) is 0 Å². The van der Waals surface area contributed by atoms with Crippen molar-refractivity contribution in [3.63, 3.8) is 0 Å². The minimum absolute atomic E-state index is 0. The summed E-state index contributed by atoms with van der Waals surface area (Å²) in [7, 11) is 5.32. The summed E-state index contributed by atoms with van der Waals surface area (Å²) in [5.41, 5.74) is 3.39. The molecule has 358 valence electrons. The first-order valence-corrected chi connectivity index (χ1v) is 22.4. The van der Waals surface area contributed by atoms with Crippen LogP contribution in [0.3, 0.4) is 0 Å². The van der Waals surface area contributed by atoms with Gasteiger partial charge in [-0.15, -0.1) is 0 Å². The molecular formula is C55H69LiN4O8. The summed E-state index contributed by atoms with van der Waals surface area (Å²) < 4.78 is 5.08. The molecule has 0 saturated carbocycles. The topological polar surface area (TPSA) is 172 Å². The van der Waals surface area contributed by atoms with E-state index in [1.165, 1.54) is 7.11 Å². The van der Waals surface area contributed by atoms with E-state index < -0.39 is 29.9 Å². The van der Waals surface area contributed by atoms with E-state index in [0.717, 1.165) is 22.3 Å². The number of benzene rings is 4. The molecule has 68 heavy (non-hydrogen) atoms. The van der Waals surface area contributed by atoms with Crippen LogP contribution in [0.2, 0.25) is 0 Å². The van der Waals surface area contributed by atoms with Crippen LogP contribution in [0, 0.1) is 34.5 Å². The average Bonchev–Trinajstić information content (AvgIpc) is 3.94. The number of nitrogens with zero attached hydrogens (tertiary/aromatic N) is 4. The quantitative estimate of drug-likeness (QED) is 0.126. The minimum Gasteiger partial charge on any atom is -0.870 e. The van der Waals surface area contributed by atoms with Crippen molar-refractivity contribution in [2.45, 2.75) is 90.4 Å². The number of ether oxygens (including phenoxy) is 1. The molecule has 2 fully saturated rings. The van der Waals surface area contributed by atoms with E-state index in [9.17, 15) is 24.3 Å². The number of carboxylic acids is 1. The van der Waals surface area contributed by atoms with Gasteiger partial charge < -0.3 is 30.6 Å². The van der Waals surface area contributed by atoms with Crippen LogP contribution in [-0.2, 0) is 23.9 Å². The first-order valence-electron chi connectivity index (χ1n) is 22.4. The fraction of sp³-hybridized carbons (Fsp3) is 0.418. The molecule has 2 aliphatic rings. The van der Waals surface area contributed by atoms with Gasteiger partial charge in [-0.2, -0.15) is 0 Å². The van der Waals surface area contributed by atoms with Gasteiger partial charge in [0, 0.05) is 36.0 Å². The van der Waals surface area contributed by atoms with Gasteiger partial charge in [-0.3, -0.25) is 19.4 Å². The largest absolute Gasteiger partial charge is 1.00 e. The Kier molecular flexibility index (Phi) is 23.0. The van der Waals surface area contributed by atoms with Crippen molar-refractivity contribution in [3.8, 4) is 23.7 Å². The van der Waals surface area contributed by atoms with Crippen molar-refractivity contribution in [3.05, 3.63) is 144 Å². The number of hydrogen-bond acceptors (Lipinski definition) is 8. The summed E-state index contributed by atoms with van der Waals surface area (Å²) in [4.78, 5) is 59.9. The Morgan fingerprint density at radius 2 is 0.897 bits per heavy atom. The molecule has 6 rings (SSSR count). The maximum Gasteiger partial charge on any atom is 1.00 e. The van der Waals surface area contributed by atoms with E-state index in [1.807, 2.05) is 135 Å². The fourth-order valence-corrected chi connectivity index (χ4v) is 8.33. The van der Waals surface area contributed by atoms with Crippen LogP contribution >= 0.6 is 0 Å². The Morgan fingerprint density at radius 3 is 1.18 bits per heavy atom. The Balaban J connectivity index is 0.000000447. The Bertz CT molecular complexity index is 2260. The molecule has 12 nitrogen and oxygen atoms in total. The first kappa shape index (κ1) is 58.4. The molecule has 0 bridgehead atoms. The van der Waals surface area contributed by atoms with Gasteiger partial charge in [0.15, 0.2) is 0 Å². The molecule has 2 heterocycles. The van der Waals surface area contributed by atoms with Crippen molar-refractivity contribution in [1.29, 1.82) is 0 Å². The molecule has 2 amide bonds. The Hall–Kier alpha value is -5.68. The average molecular weight is 921 g/mol. The number of methoxy groups -OCH3 is 1. The third-order valence-electron chi connectivity index (χ3n) is 11.7. The normalized spacial score (nSPS) is 17.5. The minimum atomic E-state index is -0.963. The van der Waals surface area contributed by atoms with Gasteiger partial charge in [-0.1, -0.05) is 145 Å². The van der Waals surface area contributed by atoms with E-state index in [4.69, 9.17) is 4.74 Å². The molecule has 4 aromatic carbocycles. The van der Waals surface area contributed by atoms with Crippen molar-refractivity contribution in [1.82, 2.24) is 19.6 Å². The SMILES string of the molecule is CN(CC#CC(C)(C)C)[C@H]1C[C@@H](C(=O)O)N(C(=O)C(c2ccccc2)c2ccccc2)C1.COC(=O)[C@@H]1C[C@H](N(C)CC#CC(C)(C)C)CN1C(=O)C(c1ccccc1)c1ccccc1.O.[Li+].[OH-]. The van der Waals surface area contributed by atoms with E-state index in [0.29, 0.717) is 39.0 Å². The molecule has 0 unspecified atom stereocenters. The maximum absolute atomic E-state index is 14.0. The monoisotopic (exact) mass is 921 g/mol. The molecule has 0 spiro atoms. The predicted octanol–water partition coefficient (Wildman–Crippen LogP) is 3.80. The molecule has 13 heteroatoms. The predicted molar refractivity (Wildman–Crippen MR) is 262 cm³/mol. The summed E-state index contributed by atoms with van der Waals surface area (Å²) in [6.45, 7) is 14.4. The smallest absolute Gasteiger partial charge is 0.870 e. The Labute approximate surface area is 416 Å².